The van der Waals surface area contributed by atoms with Crippen LogP contribution >= 0.6 is 12.2 Å². The van der Waals surface area contributed by atoms with Crippen LogP contribution in [0.5, 0.6) is 11.5 Å². The number of methoxy groups -OCH3 is 2. The monoisotopic (exact) mass is 396 g/mol. The maximum absolute atomic E-state index is 13.1. The highest BCUT2D eigenvalue weighted by Gasteiger charge is 2.40. The van der Waals surface area contributed by atoms with Crippen molar-refractivity contribution in [2.75, 3.05) is 19.5 Å². The topological polar surface area (TPSA) is 72.7 Å². The molecule has 0 amide bonds. The summed E-state index contributed by atoms with van der Waals surface area (Å²) in [5.41, 5.74) is 2.04. The number of hydrogen-bond donors (Lipinski definition) is 2. The van der Waals surface area contributed by atoms with Gasteiger partial charge in [-0.1, -0.05) is 18.2 Å². The van der Waals surface area contributed by atoms with Crippen molar-refractivity contribution in [3.8, 4) is 11.5 Å². The number of ether oxygens (including phenoxy) is 2. The first-order chi connectivity index (χ1) is 13.4. The molecule has 3 aromatic rings. The van der Waals surface area contributed by atoms with E-state index in [0.717, 1.165) is 16.5 Å². The Bertz CT molecular complexity index is 1170. The van der Waals surface area contributed by atoms with Crippen LogP contribution in [0.1, 0.15) is 23.6 Å². The van der Waals surface area contributed by atoms with E-state index in [2.05, 4.69) is 10.6 Å². The van der Waals surface area contributed by atoms with Crippen LogP contribution in [0.15, 0.2) is 45.6 Å². The molecule has 1 aliphatic rings. The number of fused-ring (bicyclic) bond motifs is 3. The lowest BCUT2D eigenvalue weighted by molar-refractivity contribution is 0.353. The van der Waals surface area contributed by atoms with Gasteiger partial charge in [0.2, 0.25) is 0 Å². The van der Waals surface area contributed by atoms with Gasteiger partial charge in [-0.25, -0.2) is 4.79 Å². The van der Waals surface area contributed by atoms with Crippen molar-refractivity contribution < 1.29 is 13.9 Å². The van der Waals surface area contributed by atoms with Gasteiger partial charge in [-0.05, 0) is 55.4 Å². The molecule has 0 aliphatic carbocycles. The molecule has 0 bridgehead atoms. The molecule has 0 saturated heterocycles. The average Bonchev–Trinajstić information content (AvgIpc) is 2.67. The van der Waals surface area contributed by atoms with Gasteiger partial charge in [0.15, 0.2) is 16.6 Å². The van der Waals surface area contributed by atoms with Gasteiger partial charge in [-0.15, -0.1) is 0 Å². The van der Waals surface area contributed by atoms with Gasteiger partial charge < -0.3 is 24.5 Å². The largest absolute Gasteiger partial charge is 0.493 e. The second-order valence-electron chi connectivity index (χ2n) is 6.87. The van der Waals surface area contributed by atoms with Crippen molar-refractivity contribution in [2.45, 2.75) is 19.4 Å². The highest BCUT2D eigenvalue weighted by atomic mass is 32.1. The number of rotatable bonds is 3. The molecule has 144 valence electrons. The number of para-hydroxylation sites is 1. The number of hydrogen-bond acceptors (Lipinski definition) is 5. The van der Waals surface area contributed by atoms with Gasteiger partial charge in [0.25, 0.3) is 0 Å². The molecule has 0 radical (unpaired) electrons. The highest BCUT2D eigenvalue weighted by Crippen LogP contribution is 2.41. The molecular formula is C21H20N2O4S. The molecule has 2 N–H and O–H groups in total. The SMILES string of the molecule is COc1ccc(C2(C)NC(=S)Nc3c2c(=O)oc2c(C)cccc32)cc1OC. The van der Waals surface area contributed by atoms with Crippen LogP contribution in [-0.2, 0) is 5.54 Å². The minimum absolute atomic E-state index is 0.420. The summed E-state index contributed by atoms with van der Waals surface area (Å²) in [4.78, 5) is 13.1. The molecule has 2 aromatic carbocycles. The lowest BCUT2D eigenvalue weighted by Crippen LogP contribution is -2.52. The number of aryl methyl sites for hydroxylation is 1. The molecule has 7 heteroatoms. The van der Waals surface area contributed by atoms with E-state index in [9.17, 15) is 4.79 Å². The summed E-state index contributed by atoms with van der Waals surface area (Å²) in [7, 11) is 3.15. The Kier molecular flexibility index (Phi) is 4.27. The lowest BCUT2D eigenvalue weighted by atomic mass is 9.82. The minimum Gasteiger partial charge on any atom is -0.493 e. The van der Waals surface area contributed by atoms with Gasteiger partial charge in [0.05, 0.1) is 31.0 Å². The number of anilines is 1. The fourth-order valence-corrected chi connectivity index (χ4v) is 4.05. The van der Waals surface area contributed by atoms with Crippen molar-refractivity contribution >= 4 is 34.0 Å². The molecular weight excluding hydrogens is 376 g/mol. The molecule has 0 fully saturated rings. The second-order valence-corrected chi connectivity index (χ2v) is 7.27. The van der Waals surface area contributed by atoms with E-state index in [1.165, 1.54) is 0 Å². The van der Waals surface area contributed by atoms with Gasteiger partial charge in [-0.3, -0.25) is 0 Å². The summed E-state index contributed by atoms with van der Waals surface area (Å²) in [6.07, 6.45) is 0. The number of nitrogens with one attached hydrogen (secondary N) is 2. The van der Waals surface area contributed by atoms with Crippen LogP contribution in [0.4, 0.5) is 5.69 Å². The molecule has 6 nitrogen and oxygen atoms in total. The van der Waals surface area contributed by atoms with Gasteiger partial charge in [-0.2, -0.15) is 0 Å². The predicted molar refractivity (Wildman–Crippen MR) is 113 cm³/mol. The van der Waals surface area contributed by atoms with Crippen LogP contribution in [-0.4, -0.2) is 19.3 Å². The first-order valence-electron chi connectivity index (χ1n) is 8.77. The first-order valence-corrected chi connectivity index (χ1v) is 9.18. The maximum atomic E-state index is 13.1. The van der Waals surface area contributed by atoms with Crippen molar-refractivity contribution in [1.29, 1.82) is 0 Å². The van der Waals surface area contributed by atoms with Gasteiger partial charge in [0.1, 0.15) is 5.58 Å². The summed E-state index contributed by atoms with van der Waals surface area (Å²) in [5.74, 6) is 1.17. The zero-order valence-corrected chi connectivity index (χ0v) is 16.8. The van der Waals surface area contributed by atoms with Crippen molar-refractivity contribution in [1.82, 2.24) is 5.32 Å². The molecule has 1 atom stereocenters. The quantitative estimate of drug-likeness (QED) is 0.517. The Hall–Kier alpha value is -3.06. The van der Waals surface area contributed by atoms with Gasteiger partial charge >= 0.3 is 5.63 Å². The van der Waals surface area contributed by atoms with E-state index in [4.69, 9.17) is 26.1 Å². The Morgan fingerprint density at radius 3 is 2.57 bits per heavy atom. The van der Waals surface area contributed by atoms with Crippen molar-refractivity contribution in [2.24, 2.45) is 0 Å². The van der Waals surface area contributed by atoms with E-state index in [1.807, 2.05) is 44.2 Å². The Morgan fingerprint density at radius 1 is 1.11 bits per heavy atom. The smallest absolute Gasteiger partial charge is 0.344 e. The van der Waals surface area contributed by atoms with Crippen molar-refractivity contribution in [3.05, 3.63) is 63.5 Å². The highest BCUT2D eigenvalue weighted by molar-refractivity contribution is 7.80. The van der Waals surface area contributed by atoms with Crippen LogP contribution in [0, 0.1) is 6.92 Å². The Labute approximate surface area is 167 Å². The van der Waals surface area contributed by atoms with Crippen molar-refractivity contribution in [3.63, 3.8) is 0 Å². The first kappa shape index (κ1) is 18.3. The summed E-state index contributed by atoms with van der Waals surface area (Å²) in [6, 6.07) is 11.3. The van der Waals surface area contributed by atoms with Crippen LogP contribution in [0.25, 0.3) is 11.0 Å². The van der Waals surface area contributed by atoms with E-state index in [1.54, 1.807) is 20.3 Å². The fourth-order valence-electron chi connectivity index (χ4n) is 3.75. The molecule has 2 heterocycles. The van der Waals surface area contributed by atoms with Crippen LogP contribution in [0.3, 0.4) is 0 Å². The number of thiocarbonyl (C=S) groups is 1. The molecule has 28 heavy (non-hydrogen) atoms. The zero-order chi connectivity index (χ0) is 20.1. The second kappa shape index (κ2) is 6.53. The summed E-state index contributed by atoms with van der Waals surface area (Å²) in [6.45, 7) is 3.81. The molecule has 0 saturated carbocycles. The number of benzene rings is 2. The van der Waals surface area contributed by atoms with E-state index in [-0.39, 0.29) is 0 Å². The third kappa shape index (κ3) is 2.62. The maximum Gasteiger partial charge on any atom is 0.344 e. The van der Waals surface area contributed by atoms with E-state index in [0.29, 0.717) is 33.4 Å². The van der Waals surface area contributed by atoms with E-state index < -0.39 is 11.2 Å². The fraction of sp³-hybridized carbons (Fsp3) is 0.238. The minimum atomic E-state index is -0.907. The summed E-state index contributed by atoms with van der Waals surface area (Å²) >= 11 is 5.47. The van der Waals surface area contributed by atoms with Crippen LogP contribution < -0.4 is 25.7 Å². The lowest BCUT2D eigenvalue weighted by Gasteiger charge is -2.38. The molecule has 1 unspecified atom stereocenters. The summed E-state index contributed by atoms with van der Waals surface area (Å²) in [5, 5.41) is 7.63. The van der Waals surface area contributed by atoms with E-state index >= 15 is 0 Å². The predicted octanol–water partition coefficient (Wildman–Crippen LogP) is 3.68. The normalized spacial score (nSPS) is 18.2. The average molecular weight is 396 g/mol. The zero-order valence-electron chi connectivity index (χ0n) is 16.0. The van der Waals surface area contributed by atoms with Gasteiger partial charge in [0, 0.05) is 5.39 Å². The summed E-state index contributed by atoms with van der Waals surface area (Å²) < 4.78 is 16.5. The Morgan fingerprint density at radius 2 is 1.86 bits per heavy atom. The Balaban J connectivity index is 2.04. The molecule has 1 aliphatic heterocycles. The van der Waals surface area contributed by atoms with Crippen LogP contribution in [0.2, 0.25) is 0 Å². The molecule has 0 spiro atoms. The third-order valence-electron chi connectivity index (χ3n) is 5.19. The molecule has 1 aromatic heterocycles. The standard InChI is InChI=1S/C21H20N2O4S/c1-11-6-5-7-13-17-16(19(24)27-18(11)13)21(2,23-20(28)22-17)12-8-9-14(25-3)15(10-12)26-4/h5-10H,1-4H3,(H2,22,23,28). The molecule has 4 rings (SSSR count). The third-order valence-corrected chi connectivity index (χ3v) is 5.40.